The van der Waals surface area contributed by atoms with Crippen molar-refractivity contribution in [3.05, 3.63) is 36.7 Å². The molecule has 0 bridgehead atoms. The van der Waals surface area contributed by atoms with E-state index in [-0.39, 0.29) is 0 Å². The van der Waals surface area contributed by atoms with Gasteiger partial charge in [0, 0.05) is 30.1 Å². The van der Waals surface area contributed by atoms with E-state index in [1.54, 1.807) is 18.5 Å². The molecule has 2 heterocycles. The third kappa shape index (κ3) is 1.26. The lowest BCUT2D eigenvalue weighted by Crippen LogP contribution is -1.77. The van der Waals surface area contributed by atoms with Crippen molar-refractivity contribution >= 4 is 34.2 Å². The Morgan fingerprint density at radius 3 is 3.13 bits per heavy atom. The lowest BCUT2D eigenvalue weighted by atomic mass is 10.1. The Kier molecular flexibility index (Phi) is 1.70. The van der Waals surface area contributed by atoms with Crippen LogP contribution < -0.4 is 0 Å². The minimum atomic E-state index is 0.834. The fourth-order valence-electron chi connectivity index (χ4n) is 1.61. The highest BCUT2D eigenvalue weighted by atomic mass is 14.8. The standard InChI is InChI=1S/C12H7N3/c1-5-14-11-3-2-9-4-7-13-8-10(9)12(11)15-6-1/h1-4,6-8H. The van der Waals surface area contributed by atoms with E-state index in [0.717, 1.165) is 22.1 Å². The Morgan fingerprint density at radius 2 is 2.13 bits per heavy atom. The summed E-state index contributed by atoms with van der Waals surface area (Å²) in [6, 6.07) is 5.93. The van der Waals surface area contributed by atoms with Gasteiger partial charge >= 0.3 is 0 Å². The van der Waals surface area contributed by atoms with Crippen LogP contribution in [0.3, 0.4) is 0 Å². The van der Waals surface area contributed by atoms with E-state index in [1.165, 1.54) is 0 Å². The molecule has 0 fully saturated rings. The third-order valence-electron chi connectivity index (χ3n) is 2.31. The second-order valence-corrected chi connectivity index (χ2v) is 3.22. The van der Waals surface area contributed by atoms with E-state index >= 15 is 0 Å². The highest BCUT2D eigenvalue weighted by Gasteiger charge is 2.05. The number of hydrogen-bond donors (Lipinski definition) is 0. The maximum absolute atomic E-state index is 4.34. The molecule has 0 atom stereocenters. The van der Waals surface area contributed by atoms with E-state index in [4.69, 9.17) is 0 Å². The van der Waals surface area contributed by atoms with Gasteiger partial charge in [0.25, 0.3) is 0 Å². The van der Waals surface area contributed by atoms with Crippen molar-refractivity contribution in [3.63, 3.8) is 0 Å². The van der Waals surface area contributed by atoms with Gasteiger partial charge in [-0.15, -0.1) is 0 Å². The first-order valence-corrected chi connectivity index (χ1v) is 4.64. The zero-order valence-electron chi connectivity index (χ0n) is 7.88. The fraction of sp³-hybridized carbons (Fsp3) is 0. The topological polar surface area (TPSA) is 37.6 Å². The third-order valence-corrected chi connectivity index (χ3v) is 2.31. The highest BCUT2D eigenvalue weighted by molar-refractivity contribution is 6.01. The number of aromatic nitrogens is 1. The molecule has 3 nitrogen and oxygen atoms in total. The van der Waals surface area contributed by atoms with Gasteiger partial charge in [0.15, 0.2) is 0 Å². The summed E-state index contributed by atoms with van der Waals surface area (Å²) in [6.45, 7) is 0. The number of fused-ring (bicyclic) bond motifs is 3. The van der Waals surface area contributed by atoms with Crippen molar-refractivity contribution in [2.75, 3.05) is 0 Å². The summed E-state index contributed by atoms with van der Waals surface area (Å²) in [5.41, 5.74) is 1.70. The molecule has 0 spiro atoms. The minimum absolute atomic E-state index is 0.834. The molecule has 1 aromatic heterocycles. The smallest absolute Gasteiger partial charge is 0.0993 e. The summed E-state index contributed by atoms with van der Waals surface area (Å²) < 4.78 is 0. The van der Waals surface area contributed by atoms with Gasteiger partial charge in [0.1, 0.15) is 0 Å². The summed E-state index contributed by atoms with van der Waals surface area (Å²) in [6.07, 6.45) is 6.98. The molecule has 1 aliphatic rings. The summed E-state index contributed by atoms with van der Waals surface area (Å²) in [7, 11) is 0. The van der Waals surface area contributed by atoms with Gasteiger partial charge in [-0.05, 0) is 23.4 Å². The van der Waals surface area contributed by atoms with Crippen molar-refractivity contribution in [3.8, 4) is 0 Å². The molecule has 3 rings (SSSR count). The molecule has 0 saturated carbocycles. The zero-order chi connectivity index (χ0) is 10.1. The molecular weight excluding hydrogens is 186 g/mol. The quantitative estimate of drug-likeness (QED) is 0.633. The van der Waals surface area contributed by atoms with Crippen molar-refractivity contribution in [1.29, 1.82) is 0 Å². The van der Waals surface area contributed by atoms with E-state index < -0.39 is 0 Å². The van der Waals surface area contributed by atoms with Crippen LogP contribution >= 0.6 is 0 Å². The zero-order valence-corrected chi connectivity index (χ0v) is 7.88. The Balaban J connectivity index is 2.45. The maximum Gasteiger partial charge on any atom is 0.0993 e. The van der Waals surface area contributed by atoms with Crippen LogP contribution in [0.15, 0.2) is 46.7 Å². The molecule has 0 saturated heterocycles. The predicted octanol–water partition coefficient (Wildman–Crippen LogP) is 2.81. The number of rotatable bonds is 0. The molecule has 1 aromatic carbocycles. The molecule has 2 aromatic rings. The van der Waals surface area contributed by atoms with Crippen LogP contribution in [0.4, 0.5) is 11.4 Å². The van der Waals surface area contributed by atoms with Gasteiger partial charge in [-0.1, -0.05) is 6.07 Å². The molecule has 1 aliphatic heterocycles. The summed E-state index contributed by atoms with van der Waals surface area (Å²) in [4.78, 5) is 12.6. The summed E-state index contributed by atoms with van der Waals surface area (Å²) >= 11 is 0. The van der Waals surface area contributed by atoms with Crippen LogP contribution in [0.5, 0.6) is 0 Å². The Hall–Kier alpha value is -2.25. The molecule has 3 heteroatoms. The molecule has 0 amide bonds. The van der Waals surface area contributed by atoms with Crippen molar-refractivity contribution in [1.82, 2.24) is 4.98 Å². The van der Waals surface area contributed by atoms with Crippen LogP contribution in [-0.2, 0) is 0 Å². The van der Waals surface area contributed by atoms with Gasteiger partial charge < -0.3 is 0 Å². The largest absolute Gasteiger partial charge is 0.264 e. The Bertz CT molecular complexity index is 620. The SMILES string of the molecule is C1=CC=Nc2c(ccc3ccncc23)N=1. The van der Waals surface area contributed by atoms with Crippen LogP contribution in [0.2, 0.25) is 0 Å². The second-order valence-electron chi connectivity index (χ2n) is 3.22. The Labute approximate surface area is 86.5 Å². The van der Waals surface area contributed by atoms with Gasteiger partial charge in [-0.2, -0.15) is 0 Å². The molecule has 15 heavy (non-hydrogen) atoms. The first-order chi connectivity index (χ1) is 7.45. The molecule has 0 unspecified atom stereocenters. The van der Waals surface area contributed by atoms with Gasteiger partial charge in [-0.25, -0.2) is 4.99 Å². The summed E-state index contributed by atoms with van der Waals surface area (Å²) in [5, 5.41) is 2.14. The number of pyridine rings is 1. The molecule has 0 N–H and O–H groups in total. The number of nitrogens with zero attached hydrogens (tertiary/aromatic N) is 3. The van der Waals surface area contributed by atoms with E-state index in [2.05, 4.69) is 20.8 Å². The van der Waals surface area contributed by atoms with E-state index in [9.17, 15) is 0 Å². The molecule has 70 valence electrons. The Morgan fingerprint density at radius 1 is 1.13 bits per heavy atom. The first kappa shape index (κ1) is 8.09. The van der Waals surface area contributed by atoms with E-state index in [1.807, 2.05) is 24.4 Å². The predicted molar refractivity (Wildman–Crippen MR) is 61.6 cm³/mol. The maximum atomic E-state index is 4.34. The monoisotopic (exact) mass is 193 g/mol. The van der Waals surface area contributed by atoms with Gasteiger partial charge in [0.05, 0.1) is 11.4 Å². The second kappa shape index (κ2) is 3.15. The average Bonchev–Trinajstić information content (AvgIpc) is 2.54. The normalized spacial score (nSPS) is 12.8. The number of hydrogen-bond acceptors (Lipinski definition) is 3. The summed E-state index contributed by atoms with van der Waals surface area (Å²) in [5.74, 6) is 2.80. The minimum Gasteiger partial charge on any atom is -0.264 e. The number of benzene rings is 1. The van der Waals surface area contributed by atoms with E-state index in [0.29, 0.717) is 0 Å². The molecule has 0 radical (unpaired) electrons. The van der Waals surface area contributed by atoms with Gasteiger partial charge in [0.2, 0.25) is 0 Å². The van der Waals surface area contributed by atoms with Crippen LogP contribution in [0.25, 0.3) is 10.8 Å². The lowest BCUT2D eigenvalue weighted by molar-refractivity contribution is 1.36. The van der Waals surface area contributed by atoms with Crippen molar-refractivity contribution in [2.24, 2.45) is 9.98 Å². The first-order valence-electron chi connectivity index (χ1n) is 4.64. The van der Waals surface area contributed by atoms with Crippen molar-refractivity contribution < 1.29 is 0 Å². The van der Waals surface area contributed by atoms with Crippen LogP contribution in [0.1, 0.15) is 0 Å². The van der Waals surface area contributed by atoms with Crippen LogP contribution in [-0.4, -0.2) is 17.1 Å². The highest BCUT2D eigenvalue weighted by Crippen LogP contribution is 2.35. The molecular formula is C12H7N3. The molecule has 0 aliphatic carbocycles. The van der Waals surface area contributed by atoms with Gasteiger partial charge in [-0.3, -0.25) is 9.98 Å². The number of aliphatic imine (C=N–C) groups is 2. The van der Waals surface area contributed by atoms with Crippen molar-refractivity contribution in [2.45, 2.75) is 0 Å². The lowest BCUT2D eigenvalue weighted by Gasteiger charge is -2.03. The number of allylic oxidation sites excluding steroid dienone is 1. The fourth-order valence-corrected chi connectivity index (χ4v) is 1.61. The van der Waals surface area contributed by atoms with Crippen LogP contribution in [0, 0.1) is 0 Å². The average molecular weight is 193 g/mol.